The molecule has 0 bridgehead atoms. The summed E-state index contributed by atoms with van der Waals surface area (Å²) < 4.78 is 5.47. The Hall–Kier alpha value is -2.62. The Bertz CT molecular complexity index is 623. The number of anilines is 1. The molecular weight excluding hydrogens is 252 g/mol. The van der Waals surface area contributed by atoms with Crippen LogP contribution in [0.2, 0.25) is 0 Å². The van der Waals surface area contributed by atoms with E-state index in [0.29, 0.717) is 23.7 Å². The van der Waals surface area contributed by atoms with Gasteiger partial charge in [0, 0.05) is 5.69 Å². The van der Waals surface area contributed by atoms with Gasteiger partial charge in [0.2, 0.25) is 0 Å². The summed E-state index contributed by atoms with van der Waals surface area (Å²) >= 11 is 0. The Morgan fingerprint density at radius 3 is 2.85 bits per heavy atom. The molecule has 102 valence electrons. The van der Waals surface area contributed by atoms with Crippen LogP contribution in [0, 0.1) is 6.92 Å². The van der Waals surface area contributed by atoms with Gasteiger partial charge in [-0.05, 0) is 31.2 Å². The van der Waals surface area contributed by atoms with E-state index >= 15 is 0 Å². The summed E-state index contributed by atoms with van der Waals surface area (Å²) in [6.45, 7) is 5.82. The molecule has 4 nitrogen and oxygen atoms in total. The molecule has 1 amide bonds. The average Bonchev–Trinajstić information content (AvgIpc) is 2.45. The summed E-state index contributed by atoms with van der Waals surface area (Å²) in [7, 11) is 0. The van der Waals surface area contributed by atoms with Crippen molar-refractivity contribution < 1.29 is 9.53 Å². The normalized spacial score (nSPS) is 9.85. The molecule has 1 N–H and O–H groups in total. The largest absolute Gasteiger partial charge is 0.489 e. The van der Waals surface area contributed by atoms with Crippen LogP contribution in [0.25, 0.3) is 0 Å². The van der Waals surface area contributed by atoms with Crippen molar-refractivity contribution in [3.63, 3.8) is 0 Å². The van der Waals surface area contributed by atoms with Crippen molar-refractivity contribution in [2.45, 2.75) is 6.92 Å². The minimum absolute atomic E-state index is 0.247. The van der Waals surface area contributed by atoms with Crippen LogP contribution in [0.3, 0.4) is 0 Å². The van der Waals surface area contributed by atoms with Gasteiger partial charge < -0.3 is 10.1 Å². The van der Waals surface area contributed by atoms with E-state index in [1.54, 1.807) is 30.3 Å². The number of hydrogen-bond acceptors (Lipinski definition) is 3. The number of amides is 1. The van der Waals surface area contributed by atoms with E-state index < -0.39 is 0 Å². The van der Waals surface area contributed by atoms with Gasteiger partial charge in [-0.3, -0.25) is 4.79 Å². The summed E-state index contributed by atoms with van der Waals surface area (Å²) in [4.78, 5) is 16.5. The lowest BCUT2D eigenvalue weighted by atomic mass is 10.2. The van der Waals surface area contributed by atoms with E-state index in [9.17, 15) is 4.79 Å². The molecule has 1 heterocycles. The van der Waals surface area contributed by atoms with Crippen molar-refractivity contribution in [2.24, 2.45) is 0 Å². The fourth-order valence-electron chi connectivity index (χ4n) is 1.73. The lowest BCUT2D eigenvalue weighted by Crippen LogP contribution is -2.14. The Morgan fingerprint density at radius 1 is 1.30 bits per heavy atom. The maximum atomic E-state index is 12.3. The van der Waals surface area contributed by atoms with Crippen LogP contribution in [0.4, 0.5) is 5.82 Å². The van der Waals surface area contributed by atoms with Crippen molar-refractivity contribution in [1.82, 2.24) is 4.98 Å². The van der Waals surface area contributed by atoms with Crippen LogP contribution in [-0.4, -0.2) is 17.5 Å². The molecule has 0 radical (unpaired) electrons. The van der Waals surface area contributed by atoms with Gasteiger partial charge in [0.25, 0.3) is 5.91 Å². The van der Waals surface area contributed by atoms with Gasteiger partial charge >= 0.3 is 0 Å². The second kappa shape index (κ2) is 6.52. The maximum absolute atomic E-state index is 12.3. The second-order valence-corrected chi connectivity index (χ2v) is 4.21. The second-order valence-electron chi connectivity index (χ2n) is 4.21. The predicted octanol–water partition coefficient (Wildman–Crippen LogP) is 3.21. The molecule has 2 aromatic rings. The minimum atomic E-state index is -0.247. The third-order valence-corrected chi connectivity index (χ3v) is 2.62. The van der Waals surface area contributed by atoms with Gasteiger partial charge in [0.1, 0.15) is 18.2 Å². The zero-order chi connectivity index (χ0) is 14.4. The molecule has 0 fully saturated rings. The predicted molar refractivity (Wildman–Crippen MR) is 79.1 cm³/mol. The summed E-state index contributed by atoms with van der Waals surface area (Å²) in [6.07, 6.45) is 1.64. The number of carbonyl (C=O) groups excluding carboxylic acids is 1. The molecular formula is C16H16N2O2. The number of pyridine rings is 1. The van der Waals surface area contributed by atoms with Crippen molar-refractivity contribution in [3.05, 3.63) is 66.4 Å². The molecule has 0 saturated heterocycles. The number of ether oxygens (including phenoxy) is 1. The zero-order valence-electron chi connectivity index (χ0n) is 11.3. The fourth-order valence-corrected chi connectivity index (χ4v) is 1.73. The molecule has 0 spiro atoms. The smallest absolute Gasteiger partial charge is 0.260 e. The highest BCUT2D eigenvalue weighted by Gasteiger charge is 2.12. The van der Waals surface area contributed by atoms with Crippen molar-refractivity contribution >= 4 is 11.7 Å². The highest BCUT2D eigenvalue weighted by molar-refractivity contribution is 6.05. The SMILES string of the molecule is C=CCOc1ccccc1C(=O)Nc1cccc(C)n1. The minimum Gasteiger partial charge on any atom is -0.489 e. The van der Waals surface area contributed by atoms with E-state index in [-0.39, 0.29) is 5.91 Å². The van der Waals surface area contributed by atoms with Gasteiger partial charge in [-0.2, -0.15) is 0 Å². The van der Waals surface area contributed by atoms with Gasteiger partial charge in [-0.15, -0.1) is 0 Å². The van der Waals surface area contributed by atoms with Gasteiger partial charge in [0.15, 0.2) is 0 Å². The van der Waals surface area contributed by atoms with Crippen LogP contribution in [0.5, 0.6) is 5.75 Å². The van der Waals surface area contributed by atoms with Gasteiger partial charge in [-0.25, -0.2) is 4.98 Å². The summed E-state index contributed by atoms with van der Waals surface area (Å²) in [5.41, 5.74) is 1.32. The number of benzene rings is 1. The molecule has 20 heavy (non-hydrogen) atoms. The van der Waals surface area contributed by atoms with Crippen LogP contribution >= 0.6 is 0 Å². The highest BCUT2D eigenvalue weighted by atomic mass is 16.5. The van der Waals surface area contributed by atoms with E-state index in [2.05, 4.69) is 16.9 Å². The zero-order valence-corrected chi connectivity index (χ0v) is 11.3. The standard InChI is InChI=1S/C16H16N2O2/c1-3-11-20-14-9-5-4-8-13(14)16(19)18-15-10-6-7-12(2)17-15/h3-10H,1,11H2,2H3,(H,17,18,19). The topological polar surface area (TPSA) is 51.2 Å². The Morgan fingerprint density at radius 2 is 2.10 bits per heavy atom. The number of rotatable bonds is 5. The van der Waals surface area contributed by atoms with Crippen molar-refractivity contribution in [2.75, 3.05) is 11.9 Å². The summed E-state index contributed by atoms with van der Waals surface area (Å²) in [5.74, 6) is 0.800. The number of carbonyl (C=O) groups is 1. The molecule has 4 heteroatoms. The highest BCUT2D eigenvalue weighted by Crippen LogP contribution is 2.19. The fraction of sp³-hybridized carbons (Fsp3) is 0.125. The number of hydrogen-bond donors (Lipinski definition) is 1. The molecule has 0 aliphatic heterocycles. The van der Waals surface area contributed by atoms with Gasteiger partial charge in [-0.1, -0.05) is 30.9 Å². The first kappa shape index (κ1) is 13.8. The van der Waals surface area contributed by atoms with Crippen molar-refractivity contribution in [3.8, 4) is 5.75 Å². The molecule has 0 unspecified atom stereocenters. The first-order chi connectivity index (χ1) is 9.70. The summed E-state index contributed by atoms with van der Waals surface area (Å²) in [6, 6.07) is 12.5. The third-order valence-electron chi connectivity index (χ3n) is 2.62. The molecule has 1 aromatic heterocycles. The van der Waals surface area contributed by atoms with Crippen molar-refractivity contribution in [1.29, 1.82) is 0 Å². The molecule has 0 atom stereocenters. The first-order valence-electron chi connectivity index (χ1n) is 6.28. The van der Waals surface area contributed by atoms with E-state index in [0.717, 1.165) is 5.69 Å². The third kappa shape index (κ3) is 3.45. The molecule has 1 aromatic carbocycles. The molecule has 0 aliphatic carbocycles. The molecule has 0 saturated carbocycles. The monoisotopic (exact) mass is 268 g/mol. The first-order valence-corrected chi connectivity index (χ1v) is 6.28. The van der Waals surface area contributed by atoms with E-state index in [4.69, 9.17) is 4.74 Å². The van der Waals surface area contributed by atoms with E-state index in [1.165, 1.54) is 0 Å². The molecule has 0 aliphatic rings. The lowest BCUT2D eigenvalue weighted by molar-refractivity contribution is 0.102. The Balaban J connectivity index is 2.18. The molecule has 2 rings (SSSR count). The number of nitrogens with one attached hydrogen (secondary N) is 1. The number of aromatic nitrogens is 1. The van der Waals surface area contributed by atoms with E-state index in [1.807, 2.05) is 25.1 Å². The Kier molecular flexibility index (Phi) is 4.50. The number of nitrogens with zero attached hydrogens (tertiary/aromatic N) is 1. The van der Waals surface area contributed by atoms with Crippen LogP contribution in [0.15, 0.2) is 55.1 Å². The Labute approximate surface area is 118 Å². The quantitative estimate of drug-likeness (QED) is 0.847. The van der Waals surface area contributed by atoms with Crippen LogP contribution in [-0.2, 0) is 0 Å². The summed E-state index contributed by atoms with van der Waals surface area (Å²) in [5, 5.41) is 2.76. The lowest BCUT2D eigenvalue weighted by Gasteiger charge is -2.10. The van der Waals surface area contributed by atoms with Crippen LogP contribution < -0.4 is 10.1 Å². The number of para-hydroxylation sites is 1. The number of aryl methyl sites for hydroxylation is 1. The average molecular weight is 268 g/mol. The maximum Gasteiger partial charge on any atom is 0.260 e. The van der Waals surface area contributed by atoms with Crippen LogP contribution in [0.1, 0.15) is 16.1 Å². The van der Waals surface area contributed by atoms with Gasteiger partial charge in [0.05, 0.1) is 5.56 Å².